The fraction of sp³-hybridized carbons (Fsp3) is 0.133. The molecule has 0 saturated carbocycles. The molecule has 5 heteroatoms. The van der Waals surface area contributed by atoms with Crippen LogP contribution in [0.4, 0.5) is 5.69 Å². The molecule has 0 unspecified atom stereocenters. The third kappa shape index (κ3) is 2.66. The van der Waals surface area contributed by atoms with Crippen LogP contribution in [0.25, 0.3) is 0 Å². The van der Waals surface area contributed by atoms with Gasteiger partial charge in [-0.2, -0.15) is 0 Å². The van der Waals surface area contributed by atoms with Crippen molar-refractivity contribution < 1.29 is 14.5 Å². The molecule has 0 fully saturated rings. The number of benzene rings is 2. The molecule has 0 N–H and O–H groups in total. The van der Waals surface area contributed by atoms with Crippen LogP contribution in [0.2, 0.25) is 0 Å². The SMILES string of the molecule is Cc1ccc(C=O)cc1Oc1cccc([N+](=O)[O-])c1C. The van der Waals surface area contributed by atoms with E-state index in [0.29, 0.717) is 22.6 Å². The highest BCUT2D eigenvalue weighted by atomic mass is 16.6. The molecule has 0 aromatic heterocycles. The summed E-state index contributed by atoms with van der Waals surface area (Å²) < 4.78 is 5.71. The number of nitrogens with zero attached hydrogens (tertiary/aromatic N) is 1. The molecule has 0 saturated heterocycles. The summed E-state index contributed by atoms with van der Waals surface area (Å²) in [6.45, 7) is 3.48. The second-order valence-corrected chi connectivity index (χ2v) is 4.40. The van der Waals surface area contributed by atoms with Crippen molar-refractivity contribution in [3.05, 3.63) is 63.2 Å². The molecule has 0 heterocycles. The third-order valence-corrected chi connectivity index (χ3v) is 3.02. The molecule has 0 radical (unpaired) electrons. The molecule has 0 bridgehead atoms. The number of aryl methyl sites for hydroxylation is 1. The fourth-order valence-corrected chi connectivity index (χ4v) is 1.83. The molecule has 2 rings (SSSR count). The normalized spacial score (nSPS) is 10.1. The Bertz CT molecular complexity index is 680. The van der Waals surface area contributed by atoms with Crippen LogP contribution >= 0.6 is 0 Å². The summed E-state index contributed by atoms with van der Waals surface area (Å²) in [6, 6.07) is 9.73. The predicted molar refractivity (Wildman–Crippen MR) is 74.5 cm³/mol. The Balaban J connectivity index is 2.42. The van der Waals surface area contributed by atoms with E-state index < -0.39 is 4.92 Å². The Morgan fingerprint density at radius 1 is 1.15 bits per heavy atom. The van der Waals surface area contributed by atoms with Gasteiger partial charge in [0.2, 0.25) is 0 Å². The van der Waals surface area contributed by atoms with E-state index in [1.807, 2.05) is 6.92 Å². The first kappa shape index (κ1) is 13.7. The van der Waals surface area contributed by atoms with Crippen LogP contribution in [-0.4, -0.2) is 11.2 Å². The standard InChI is InChI=1S/C15H13NO4/c1-10-6-7-12(9-17)8-15(10)20-14-5-3-4-13(11(14)2)16(18)19/h3-9H,1-2H3. The zero-order chi connectivity index (χ0) is 14.7. The first-order valence-electron chi connectivity index (χ1n) is 6.00. The maximum Gasteiger partial charge on any atom is 0.276 e. The van der Waals surface area contributed by atoms with E-state index in [1.165, 1.54) is 6.07 Å². The zero-order valence-corrected chi connectivity index (χ0v) is 11.1. The maximum atomic E-state index is 10.9. The number of hydrogen-bond acceptors (Lipinski definition) is 4. The van der Waals surface area contributed by atoms with Crippen LogP contribution in [-0.2, 0) is 0 Å². The number of carbonyl (C=O) groups is 1. The molecule has 0 amide bonds. The second kappa shape index (κ2) is 5.52. The minimum atomic E-state index is -0.448. The Morgan fingerprint density at radius 2 is 1.90 bits per heavy atom. The quantitative estimate of drug-likeness (QED) is 0.481. The third-order valence-electron chi connectivity index (χ3n) is 3.02. The van der Waals surface area contributed by atoms with E-state index in [2.05, 4.69) is 0 Å². The Kier molecular flexibility index (Phi) is 3.79. The highest BCUT2D eigenvalue weighted by Crippen LogP contribution is 2.32. The molecule has 0 spiro atoms. The summed E-state index contributed by atoms with van der Waals surface area (Å²) in [5, 5.41) is 10.9. The van der Waals surface area contributed by atoms with Crippen molar-refractivity contribution in [2.45, 2.75) is 13.8 Å². The molecule has 0 atom stereocenters. The van der Waals surface area contributed by atoms with Crippen LogP contribution in [0.1, 0.15) is 21.5 Å². The van der Waals surface area contributed by atoms with Crippen LogP contribution in [0.5, 0.6) is 11.5 Å². The zero-order valence-electron chi connectivity index (χ0n) is 11.1. The van der Waals surface area contributed by atoms with E-state index in [4.69, 9.17) is 4.74 Å². The molecule has 0 aliphatic rings. The van der Waals surface area contributed by atoms with Crippen LogP contribution < -0.4 is 4.74 Å². The van der Waals surface area contributed by atoms with E-state index in [0.717, 1.165) is 11.8 Å². The van der Waals surface area contributed by atoms with Crippen molar-refractivity contribution in [2.24, 2.45) is 0 Å². The average Bonchev–Trinajstić information content (AvgIpc) is 2.43. The number of nitro benzene ring substituents is 1. The molecule has 2 aromatic rings. The lowest BCUT2D eigenvalue weighted by atomic mass is 10.1. The number of hydrogen-bond donors (Lipinski definition) is 0. The van der Waals surface area contributed by atoms with Gasteiger partial charge >= 0.3 is 0 Å². The van der Waals surface area contributed by atoms with Gasteiger partial charge in [0, 0.05) is 11.6 Å². The number of carbonyl (C=O) groups excluding carboxylic acids is 1. The first-order valence-corrected chi connectivity index (χ1v) is 6.00. The minimum absolute atomic E-state index is 0.00620. The molecule has 0 aliphatic heterocycles. The monoisotopic (exact) mass is 271 g/mol. The summed E-state index contributed by atoms with van der Waals surface area (Å²) >= 11 is 0. The average molecular weight is 271 g/mol. The van der Waals surface area contributed by atoms with Crippen molar-refractivity contribution in [2.75, 3.05) is 0 Å². The van der Waals surface area contributed by atoms with Crippen molar-refractivity contribution in [1.82, 2.24) is 0 Å². The van der Waals surface area contributed by atoms with Crippen LogP contribution in [0.3, 0.4) is 0 Å². The molecular formula is C15H13NO4. The summed E-state index contributed by atoms with van der Waals surface area (Å²) in [4.78, 5) is 21.2. The Morgan fingerprint density at radius 3 is 2.55 bits per heavy atom. The number of aldehydes is 1. The topological polar surface area (TPSA) is 69.4 Å². The molecular weight excluding hydrogens is 258 g/mol. The summed E-state index contributed by atoms with van der Waals surface area (Å²) in [6.07, 6.45) is 0.729. The fourth-order valence-electron chi connectivity index (χ4n) is 1.83. The molecule has 102 valence electrons. The Hall–Kier alpha value is -2.69. The number of nitro groups is 1. The molecule has 0 aliphatic carbocycles. The van der Waals surface area contributed by atoms with Gasteiger partial charge in [-0.25, -0.2) is 0 Å². The van der Waals surface area contributed by atoms with E-state index >= 15 is 0 Å². The van der Waals surface area contributed by atoms with E-state index in [1.54, 1.807) is 37.3 Å². The maximum absolute atomic E-state index is 10.9. The number of ether oxygens (including phenoxy) is 1. The Labute approximate surface area is 116 Å². The van der Waals surface area contributed by atoms with Crippen molar-refractivity contribution in [3.8, 4) is 11.5 Å². The van der Waals surface area contributed by atoms with Crippen molar-refractivity contribution in [1.29, 1.82) is 0 Å². The highest BCUT2D eigenvalue weighted by molar-refractivity contribution is 5.76. The van der Waals surface area contributed by atoms with Crippen LogP contribution in [0.15, 0.2) is 36.4 Å². The van der Waals surface area contributed by atoms with E-state index in [9.17, 15) is 14.9 Å². The van der Waals surface area contributed by atoms with Gasteiger partial charge in [0.15, 0.2) is 0 Å². The van der Waals surface area contributed by atoms with E-state index in [-0.39, 0.29) is 5.69 Å². The number of rotatable bonds is 4. The van der Waals surface area contributed by atoms with Crippen molar-refractivity contribution in [3.63, 3.8) is 0 Å². The molecule has 2 aromatic carbocycles. The smallest absolute Gasteiger partial charge is 0.276 e. The van der Waals surface area contributed by atoms with Gasteiger partial charge in [-0.15, -0.1) is 0 Å². The lowest BCUT2D eigenvalue weighted by Gasteiger charge is -2.11. The summed E-state index contributed by atoms with van der Waals surface area (Å²) in [5.41, 5.74) is 1.80. The summed E-state index contributed by atoms with van der Waals surface area (Å²) in [7, 11) is 0. The minimum Gasteiger partial charge on any atom is -0.457 e. The summed E-state index contributed by atoms with van der Waals surface area (Å²) in [5.74, 6) is 0.920. The van der Waals surface area contributed by atoms with Gasteiger partial charge in [-0.05, 0) is 31.5 Å². The van der Waals surface area contributed by atoms with Crippen LogP contribution in [0, 0.1) is 24.0 Å². The van der Waals surface area contributed by atoms with Gasteiger partial charge in [0.05, 0.1) is 10.5 Å². The molecule has 5 nitrogen and oxygen atoms in total. The van der Waals surface area contributed by atoms with Gasteiger partial charge in [-0.3, -0.25) is 14.9 Å². The van der Waals surface area contributed by atoms with Crippen molar-refractivity contribution >= 4 is 12.0 Å². The highest BCUT2D eigenvalue weighted by Gasteiger charge is 2.15. The van der Waals surface area contributed by atoms with Gasteiger partial charge in [0.25, 0.3) is 5.69 Å². The van der Waals surface area contributed by atoms with Gasteiger partial charge < -0.3 is 4.74 Å². The lowest BCUT2D eigenvalue weighted by molar-refractivity contribution is -0.385. The van der Waals surface area contributed by atoms with Gasteiger partial charge in [-0.1, -0.05) is 18.2 Å². The predicted octanol–water partition coefficient (Wildman–Crippen LogP) is 3.82. The molecule has 20 heavy (non-hydrogen) atoms. The lowest BCUT2D eigenvalue weighted by Crippen LogP contribution is -1.96. The second-order valence-electron chi connectivity index (χ2n) is 4.40. The first-order chi connectivity index (χ1) is 9.52. The largest absolute Gasteiger partial charge is 0.457 e. The van der Waals surface area contributed by atoms with Gasteiger partial charge in [0.1, 0.15) is 17.8 Å².